The van der Waals surface area contributed by atoms with Gasteiger partial charge in [-0.1, -0.05) is 51.6 Å². The van der Waals surface area contributed by atoms with Gasteiger partial charge in [0.15, 0.2) is 11.6 Å². The minimum absolute atomic E-state index is 0.0142. The highest BCUT2D eigenvalue weighted by Crippen LogP contribution is 2.47. The number of benzene rings is 2. The molecular weight excluding hydrogens is 1150 g/mol. The Kier molecular flexibility index (Phi) is 19.1. The number of pyridine rings is 2. The normalized spacial score (nSPS) is 18.1. The Balaban J connectivity index is 0.854. The standard InChI is InChI=1S/C59H69FN6O17S2/c1-8-59(75)35(6)82-29-41-42(59)25-46-55-40(27-66(46)57(41)73)54-44(17-16-38-33(4)43(60)26-45(63-55)53(38)54)62-50(69)30-81-31-64(21-22-84(7,76)77)58(74)83-28-37-14-12-36(13-15-37)23-47(67)34(5)61-56(72)39(32(2)3)24-48(68)49(85(78,79)80)11-9-10-20-65-51(70)18-19-52(65)71/h12-15,18-19,25-26,32,34,39,44,49,75H,6,8-11,16-17,20-24,27-31H2,1-5,7H3,(H,61,72)(H,62,69)(H,78,79,80)/t34-,39-,44-,49?,59+/m0/s1. The Morgan fingerprint density at radius 2 is 1.66 bits per heavy atom. The maximum Gasteiger partial charge on any atom is 0.411 e. The molecule has 2 aromatic carbocycles. The average Bonchev–Trinajstić information content (AvgIpc) is 1.67. The van der Waals surface area contributed by atoms with E-state index in [1.807, 2.05) is 0 Å². The quantitative estimate of drug-likeness (QED) is 0.0257. The number of hydrogen-bond acceptors (Lipinski definition) is 17. The maximum absolute atomic E-state index is 15.5. The molecule has 2 aromatic heterocycles. The monoisotopic (exact) mass is 1220 g/mol. The Labute approximate surface area is 490 Å². The summed E-state index contributed by atoms with van der Waals surface area (Å²) in [7, 11) is -8.49. The lowest BCUT2D eigenvalue weighted by Crippen LogP contribution is -2.45. The second-order valence-electron chi connectivity index (χ2n) is 22.4. The van der Waals surface area contributed by atoms with Crippen molar-refractivity contribution in [2.75, 3.05) is 38.4 Å². The van der Waals surface area contributed by atoms with E-state index < -0.39 is 133 Å². The van der Waals surface area contributed by atoms with Crippen molar-refractivity contribution in [1.82, 2.24) is 30.0 Å². The van der Waals surface area contributed by atoms with Gasteiger partial charge in [-0.05, 0) is 92.2 Å². The van der Waals surface area contributed by atoms with Crippen molar-refractivity contribution < 1.29 is 78.7 Å². The van der Waals surface area contributed by atoms with E-state index in [0.29, 0.717) is 68.5 Å². The summed E-state index contributed by atoms with van der Waals surface area (Å²) < 4.78 is 92.9. The summed E-state index contributed by atoms with van der Waals surface area (Å²) in [5.74, 6) is -6.01. The van der Waals surface area contributed by atoms with E-state index in [0.717, 1.165) is 33.8 Å². The fourth-order valence-electron chi connectivity index (χ4n) is 11.2. The van der Waals surface area contributed by atoms with Crippen LogP contribution in [-0.2, 0) is 101 Å². The highest BCUT2D eigenvalue weighted by molar-refractivity contribution is 7.90. The van der Waals surface area contributed by atoms with Gasteiger partial charge in [-0.3, -0.25) is 47.9 Å². The summed E-state index contributed by atoms with van der Waals surface area (Å²) >= 11 is 0. The molecule has 3 aliphatic heterocycles. The first-order valence-electron chi connectivity index (χ1n) is 27.9. The van der Waals surface area contributed by atoms with E-state index in [1.54, 1.807) is 58.0 Å². The van der Waals surface area contributed by atoms with Crippen LogP contribution in [0.3, 0.4) is 0 Å². The van der Waals surface area contributed by atoms with Gasteiger partial charge in [-0.2, -0.15) is 8.42 Å². The fraction of sp³-hybridized carbons (Fsp3) is 0.475. The molecule has 0 saturated carbocycles. The molecule has 0 bridgehead atoms. The molecule has 8 rings (SSSR count). The minimum Gasteiger partial charge on any atom is -0.490 e. The van der Waals surface area contributed by atoms with Crippen molar-refractivity contribution in [3.8, 4) is 11.4 Å². The van der Waals surface area contributed by atoms with Crippen molar-refractivity contribution in [3.05, 3.63) is 122 Å². The number of aromatic nitrogens is 2. The number of carbonyl (C=O) groups excluding carboxylic acids is 7. The molecule has 5 atom stereocenters. The van der Waals surface area contributed by atoms with Crippen LogP contribution >= 0.6 is 0 Å². The number of rotatable bonds is 26. The second-order valence-corrected chi connectivity index (χ2v) is 26.3. The molecule has 4 aliphatic rings. The third kappa shape index (κ3) is 13.9. The first-order valence-corrected chi connectivity index (χ1v) is 31.4. The highest BCUT2D eigenvalue weighted by Gasteiger charge is 2.43. The van der Waals surface area contributed by atoms with Gasteiger partial charge in [0.2, 0.25) is 11.8 Å². The number of aliphatic hydroxyl groups is 1. The number of Topliss-reactive ketones (excluding diaryl/α,β-unsaturated/α-hetero) is 2. The molecule has 5 heterocycles. The Morgan fingerprint density at radius 1 is 0.976 bits per heavy atom. The number of hydrogen-bond donors (Lipinski definition) is 4. The Morgan fingerprint density at radius 3 is 2.31 bits per heavy atom. The Hall–Kier alpha value is -7.52. The van der Waals surface area contributed by atoms with Crippen molar-refractivity contribution in [1.29, 1.82) is 0 Å². The van der Waals surface area contributed by atoms with Crippen molar-refractivity contribution >= 4 is 72.1 Å². The van der Waals surface area contributed by atoms with Crippen LogP contribution in [0.1, 0.15) is 117 Å². The number of aryl methyl sites for hydroxylation is 1. The van der Waals surface area contributed by atoms with E-state index in [-0.39, 0.29) is 76.3 Å². The smallest absolute Gasteiger partial charge is 0.411 e. The number of unbranched alkanes of at least 4 members (excludes halogenated alkanes) is 1. The largest absolute Gasteiger partial charge is 0.490 e. The van der Waals surface area contributed by atoms with Gasteiger partial charge < -0.3 is 34.5 Å². The molecule has 0 spiro atoms. The van der Waals surface area contributed by atoms with Crippen LogP contribution in [0.15, 0.2) is 65.7 Å². The van der Waals surface area contributed by atoms with Crippen LogP contribution in [0.25, 0.3) is 22.3 Å². The van der Waals surface area contributed by atoms with Crippen molar-refractivity contribution in [3.63, 3.8) is 0 Å². The molecule has 1 unspecified atom stereocenters. The van der Waals surface area contributed by atoms with E-state index in [2.05, 4.69) is 17.2 Å². The number of ketones is 2. The molecule has 5 amide bonds. The molecule has 456 valence electrons. The molecule has 0 radical (unpaired) electrons. The number of halogens is 1. The van der Waals surface area contributed by atoms with Crippen LogP contribution in [0.2, 0.25) is 0 Å². The predicted molar refractivity (Wildman–Crippen MR) is 306 cm³/mol. The third-order valence-electron chi connectivity index (χ3n) is 16.2. The zero-order valence-electron chi connectivity index (χ0n) is 48.0. The first kappa shape index (κ1) is 63.5. The van der Waals surface area contributed by atoms with Gasteiger partial charge in [0.1, 0.15) is 58.8 Å². The van der Waals surface area contributed by atoms with Crippen LogP contribution < -0.4 is 16.2 Å². The van der Waals surface area contributed by atoms with Gasteiger partial charge in [0, 0.05) is 72.8 Å². The number of imide groups is 1. The van der Waals surface area contributed by atoms with Crippen LogP contribution in [-0.4, -0.2) is 137 Å². The fourth-order valence-corrected chi connectivity index (χ4v) is 12.7. The molecule has 0 fully saturated rings. The van der Waals surface area contributed by atoms with E-state index in [9.17, 15) is 64.9 Å². The van der Waals surface area contributed by atoms with Gasteiger partial charge in [0.05, 0.1) is 46.8 Å². The third-order valence-corrected chi connectivity index (χ3v) is 18.4. The number of nitrogens with one attached hydrogen (secondary N) is 2. The number of nitrogens with zero attached hydrogens (tertiary/aromatic N) is 4. The topological polar surface area (TPSA) is 321 Å². The lowest BCUT2D eigenvalue weighted by molar-refractivity contribution is -0.137. The van der Waals surface area contributed by atoms with E-state index >= 15 is 4.39 Å². The zero-order valence-corrected chi connectivity index (χ0v) is 49.7. The number of ether oxygens (including phenoxy) is 3. The van der Waals surface area contributed by atoms with Crippen molar-refractivity contribution in [2.24, 2.45) is 11.8 Å². The molecule has 26 heteroatoms. The molecule has 4 aromatic rings. The summed E-state index contributed by atoms with van der Waals surface area (Å²) in [6, 6.07) is 7.70. The summed E-state index contributed by atoms with van der Waals surface area (Å²) in [4.78, 5) is 112. The molecule has 0 saturated heterocycles. The molecule has 4 N–H and O–H groups in total. The van der Waals surface area contributed by atoms with Crippen LogP contribution in [0.4, 0.5) is 9.18 Å². The first-order chi connectivity index (χ1) is 40.0. The van der Waals surface area contributed by atoms with E-state index in [4.69, 9.17) is 19.2 Å². The molecule has 85 heavy (non-hydrogen) atoms. The van der Waals surface area contributed by atoms with Gasteiger partial charge in [0.25, 0.3) is 27.5 Å². The summed E-state index contributed by atoms with van der Waals surface area (Å²) in [6.07, 6.45) is 2.35. The number of fused-ring (bicyclic) bond motifs is 5. The lowest BCUT2D eigenvalue weighted by Gasteiger charge is -2.35. The second kappa shape index (κ2) is 25.6. The zero-order chi connectivity index (χ0) is 62.0. The van der Waals surface area contributed by atoms with Crippen LogP contribution in [0, 0.1) is 24.6 Å². The number of sulfone groups is 1. The van der Waals surface area contributed by atoms with Crippen molar-refractivity contribution in [2.45, 2.75) is 129 Å². The highest BCUT2D eigenvalue weighted by atomic mass is 32.2. The molecule has 23 nitrogen and oxygen atoms in total. The SMILES string of the molecule is C=C1OCc2c(cc3n(c2=O)Cc2c-3nc3cc(F)c(C)c4c3c2[C@@H](NC(=O)COCN(CCS(C)(=O)=O)C(=O)OCc2ccc(CC(=O)[C@H](C)NC(=O)[C@@H](CC(=O)C(CCCCN3C(=O)C=CC3=O)S(=O)(=O)O)C(C)C)cc2)CC4)[C@@]1(O)CC. The maximum atomic E-state index is 15.5. The van der Waals surface area contributed by atoms with Gasteiger partial charge in [-0.25, -0.2) is 22.6 Å². The molecular formula is C59H69FN6O17S2. The van der Waals surface area contributed by atoms with Gasteiger partial charge in [-0.15, -0.1) is 0 Å². The summed E-state index contributed by atoms with van der Waals surface area (Å²) in [5, 5.41) is 16.1. The van der Waals surface area contributed by atoms with Gasteiger partial charge >= 0.3 is 6.09 Å². The summed E-state index contributed by atoms with van der Waals surface area (Å²) in [6.45, 7) is 10.2. The summed E-state index contributed by atoms with van der Waals surface area (Å²) in [5.41, 5.74) is 3.16. The minimum atomic E-state index is -4.89. The van der Waals surface area contributed by atoms with Crippen LogP contribution in [0.5, 0.6) is 0 Å². The number of carbonyl (C=O) groups is 7. The Bertz CT molecular complexity index is 3720. The lowest BCUT2D eigenvalue weighted by atomic mass is 9.81. The average molecular weight is 1220 g/mol. The van der Waals surface area contributed by atoms with E-state index in [1.165, 1.54) is 17.6 Å². The number of amides is 5. The predicted octanol–water partition coefficient (Wildman–Crippen LogP) is 4.47. The molecule has 1 aliphatic carbocycles.